The zero-order valence-electron chi connectivity index (χ0n) is 15.6. The number of hydrogen-bond donors (Lipinski definition) is 0. The zero-order valence-corrected chi connectivity index (χ0v) is 16.3. The maximum Gasteiger partial charge on any atom is 0.342 e. The van der Waals surface area contributed by atoms with Gasteiger partial charge in [-0.2, -0.15) is 5.10 Å². The number of carbonyl (C=O) groups excluding carboxylic acids is 1. The standard InChI is InChI=1S/C21H19ClN4O2/c1-14-20(15(2)26(24-14)10-16-6-4-3-5-7-16)21(27)28-13-18-12-25-11-17(22)8-9-19(25)23-18/h3-9,11-12H,10,13H2,1-2H3. The van der Waals surface area contributed by atoms with Crippen molar-refractivity contribution >= 4 is 23.2 Å². The molecule has 7 heteroatoms. The lowest BCUT2D eigenvalue weighted by molar-refractivity contribution is 0.0466. The van der Waals surface area contributed by atoms with E-state index in [0.717, 1.165) is 16.9 Å². The van der Waals surface area contributed by atoms with Gasteiger partial charge in [-0.25, -0.2) is 9.78 Å². The van der Waals surface area contributed by atoms with Gasteiger partial charge >= 0.3 is 5.97 Å². The summed E-state index contributed by atoms with van der Waals surface area (Å²) in [6, 6.07) is 13.6. The Kier molecular flexibility index (Phi) is 4.88. The van der Waals surface area contributed by atoms with Crippen molar-refractivity contribution in [1.29, 1.82) is 0 Å². The van der Waals surface area contributed by atoms with Crippen molar-refractivity contribution in [3.05, 3.63) is 88.1 Å². The van der Waals surface area contributed by atoms with Crippen LogP contribution in [0.25, 0.3) is 5.65 Å². The lowest BCUT2D eigenvalue weighted by Crippen LogP contribution is -2.09. The molecule has 0 bridgehead atoms. The number of nitrogens with zero attached hydrogens (tertiary/aromatic N) is 4. The first-order chi connectivity index (χ1) is 13.5. The molecule has 0 N–H and O–H groups in total. The highest BCUT2D eigenvalue weighted by atomic mass is 35.5. The topological polar surface area (TPSA) is 61.4 Å². The van der Waals surface area contributed by atoms with E-state index in [2.05, 4.69) is 10.1 Å². The molecule has 0 spiro atoms. The summed E-state index contributed by atoms with van der Waals surface area (Å²) in [5.41, 5.74) is 4.47. The van der Waals surface area contributed by atoms with Crippen LogP contribution >= 0.6 is 11.6 Å². The van der Waals surface area contributed by atoms with Crippen LogP contribution in [0.3, 0.4) is 0 Å². The van der Waals surface area contributed by atoms with Crippen LogP contribution in [0.15, 0.2) is 54.9 Å². The van der Waals surface area contributed by atoms with E-state index >= 15 is 0 Å². The van der Waals surface area contributed by atoms with Crippen molar-refractivity contribution in [1.82, 2.24) is 19.2 Å². The van der Waals surface area contributed by atoms with Gasteiger partial charge in [0.25, 0.3) is 0 Å². The van der Waals surface area contributed by atoms with Crippen LogP contribution in [0, 0.1) is 13.8 Å². The number of rotatable bonds is 5. The molecule has 6 nitrogen and oxygen atoms in total. The number of benzene rings is 1. The van der Waals surface area contributed by atoms with Crippen molar-refractivity contribution in [2.24, 2.45) is 0 Å². The van der Waals surface area contributed by atoms with Gasteiger partial charge in [0, 0.05) is 12.4 Å². The molecule has 3 aromatic heterocycles. The fourth-order valence-corrected chi connectivity index (χ4v) is 3.37. The fraction of sp³-hybridized carbons (Fsp3) is 0.190. The van der Waals surface area contributed by atoms with Gasteiger partial charge in [-0.3, -0.25) is 4.68 Å². The van der Waals surface area contributed by atoms with E-state index < -0.39 is 5.97 Å². The van der Waals surface area contributed by atoms with E-state index in [4.69, 9.17) is 16.3 Å². The number of pyridine rings is 1. The number of fused-ring (bicyclic) bond motifs is 1. The van der Waals surface area contributed by atoms with Crippen LogP contribution in [0.4, 0.5) is 0 Å². The molecule has 0 radical (unpaired) electrons. The van der Waals surface area contributed by atoms with E-state index in [9.17, 15) is 4.79 Å². The van der Waals surface area contributed by atoms with Crippen molar-refractivity contribution in [3.63, 3.8) is 0 Å². The Bertz CT molecular complexity index is 1150. The molecule has 28 heavy (non-hydrogen) atoms. The monoisotopic (exact) mass is 394 g/mol. The van der Waals surface area contributed by atoms with Crippen molar-refractivity contribution in [3.8, 4) is 0 Å². The predicted octanol–water partition coefficient (Wildman–Crippen LogP) is 4.21. The molecule has 1 aromatic carbocycles. The maximum absolute atomic E-state index is 12.7. The second-order valence-corrected chi connectivity index (χ2v) is 7.05. The van der Waals surface area contributed by atoms with Gasteiger partial charge in [0.1, 0.15) is 17.8 Å². The van der Waals surface area contributed by atoms with Crippen molar-refractivity contribution in [2.75, 3.05) is 0 Å². The molecular formula is C21H19ClN4O2. The average molecular weight is 395 g/mol. The first-order valence-corrected chi connectivity index (χ1v) is 9.27. The molecule has 0 aliphatic carbocycles. The first-order valence-electron chi connectivity index (χ1n) is 8.89. The minimum absolute atomic E-state index is 0.0842. The summed E-state index contributed by atoms with van der Waals surface area (Å²) in [5.74, 6) is -0.399. The number of imidazole rings is 1. The van der Waals surface area contributed by atoms with E-state index in [1.807, 2.05) is 54.9 Å². The smallest absolute Gasteiger partial charge is 0.342 e. The van der Waals surface area contributed by atoms with Crippen LogP contribution in [0.1, 0.15) is 33.0 Å². The van der Waals surface area contributed by atoms with Gasteiger partial charge in [-0.15, -0.1) is 0 Å². The van der Waals surface area contributed by atoms with Gasteiger partial charge < -0.3 is 9.14 Å². The zero-order chi connectivity index (χ0) is 19.7. The Morgan fingerprint density at radius 2 is 1.89 bits per heavy atom. The second-order valence-electron chi connectivity index (χ2n) is 6.61. The number of halogens is 1. The molecule has 4 rings (SSSR count). The maximum atomic E-state index is 12.7. The highest BCUT2D eigenvalue weighted by molar-refractivity contribution is 6.30. The third-order valence-corrected chi connectivity index (χ3v) is 4.80. The number of aromatic nitrogens is 4. The molecular weight excluding hydrogens is 376 g/mol. The number of hydrogen-bond acceptors (Lipinski definition) is 4. The summed E-state index contributed by atoms with van der Waals surface area (Å²) in [6.07, 6.45) is 3.56. The molecule has 142 valence electrons. The Labute approximate surface area is 167 Å². The minimum Gasteiger partial charge on any atom is -0.455 e. The molecule has 0 amide bonds. The summed E-state index contributed by atoms with van der Waals surface area (Å²) < 4.78 is 9.13. The van der Waals surface area contributed by atoms with Crippen molar-refractivity contribution in [2.45, 2.75) is 27.0 Å². The van der Waals surface area contributed by atoms with Gasteiger partial charge in [0.15, 0.2) is 0 Å². The summed E-state index contributed by atoms with van der Waals surface area (Å²) in [4.78, 5) is 17.1. The highest BCUT2D eigenvalue weighted by Gasteiger charge is 2.20. The molecule has 0 atom stereocenters. The number of esters is 1. The normalized spacial score (nSPS) is 11.1. The quantitative estimate of drug-likeness (QED) is 0.476. The Hall–Kier alpha value is -3.12. The van der Waals surface area contributed by atoms with E-state index in [1.54, 1.807) is 22.9 Å². The van der Waals surface area contributed by atoms with Crippen molar-refractivity contribution < 1.29 is 9.53 Å². The third-order valence-electron chi connectivity index (χ3n) is 4.58. The van der Waals surface area contributed by atoms with Crippen LogP contribution in [-0.4, -0.2) is 25.1 Å². The van der Waals surface area contributed by atoms with E-state index in [1.165, 1.54) is 0 Å². The van der Waals surface area contributed by atoms with E-state index in [-0.39, 0.29) is 6.61 Å². The van der Waals surface area contributed by atoms with Gasteiger partial charge in [-0.05, 0) is 31.5 Å². The lowest BCUT2D eigenvalue weighted by atomic mass is 10.2. The molecule has 0 aliphatic heterocycles. The summed E-state index contributed by atoms with van der Waals surface area (Å²) >= 11 is 5.99. The molecule has 0 fully saturated rings. The second kappa shape index (κ2) is 7.48. The Morgan fingerprint density at radius 1 is 1.11 bits per heavy atom. The fourth-order valence-electron chi connectivity index (χ4n) is 3.20. The van der Waals surface area contributed by atoms with Crippen LogP contribution in [-0.2, 0) is 17.9 Å². The van der Waals surface area contributed by atoms with Crippen LogP contribution < -0.4 is 0 Å². The predicted molar refractivity (Wildman–Crippen MR) is 107 cm³/mol. The largest absolute Gasteiger partial charge is 0.455 e. The molecule has 3 heterocycles. The molecule has 0 saturated heterocycles. The summed E-state index contributed by atoms with van der Waals surface area (Å²) in [7, 11) is 0. The molecule has 0 saturated carbocycles. The number of ether oxygens (including phenoxy) is 1. The first kappa shape index (κ1) is 18.3. The molecule has 0 unspecified atom stereocenters. The average Bonchev–Trinajstić information content (AvgIpc) is 3.20. The summed E-state index contributed by atoms with van der Waals surface area (Å²) in [6.45, 7) is 4.39. The summed E-state index contributed by atoms with van der Waals surface area (Å²) in [5, 5.41) is 5.12. The molecule has 0 aliphatic rings. The number of carbonyl (C=O) groups is 1. The minimum atomic E-state index is -0.399. The van der Waals surface area contributed by atoms with Gasteiger partial charge in [0.2, 0.25) is 0 Å². The Balaban J connectivity index is 1.49. The lowest BCUT2D eigenvalue weighted by Gasteiger charge is -2.06. The van der Waals surface area contributed by atoms with Crippen LogP contribution in [0.5, 0.6) is 0 Å². The number of aryl methyl sites for hydroxylation is 1. The molecule has 4 aromatic rings. The third kappa shape index (κ3) is 3.64. The highest BCUT2D eigenvalue weighted by Crippen LogP contribution is 2.17. The SMILES string of the molecule is Cc1nn(Cc2ccccc2)c(C)c1C(=O)OCc1cn2cc(Cl)ccc2n1. The van der Waals surface area contributed by atoms with Crippen LogP contribution in [0.2, 0.25) is 5.02 Å². The Morgan fingerprint density at radius 3 is 2.68 bits per heavy atom. The van der Waals surface area contributed by atoms with Gasteiger partial charge in [0.05, 0.1) is 28.6 Å². The van der Waals surface area contributed by atoms with Gasteiger partial charge in [-0.1, -0.05) is 41.9 Å². The van der Waals surface area contributed by atoms with E-state index in [0.29, 0.717) is 28.5 Å².